The van der Waals surface area contributed by atoms with Crippen LogP contribution in [0.15, 0.2) is 30.9 Å². The van der Waals surface area contributed by atoms with Crippen LogP contribution in [-0.2, 0) is 4.79 Å². The van der Waals surface area contributed by atoms with Crippen molar-refractivity contribution in [1.82, 2.24) is 9.80 Å². The zero-order valence-corrected chi connectivity index (χ0v) is 12.2. The fraction of sp³-hybridized carbons (Fsp3) is 0.333. The molecule has 0 radical (unpaired) electrons. The summed E-state index contributed by atoms with van der Waals surface area (Å²) in [5, 5.41) is 0.625. The number of piperazine rings is 1. The van der Waals surface area contributed by atoms with Crippen LogP contribution < -0.4 is 0 Å². The highest BCUT2D eigenvalue weighted by Gasteiger charge is 2.24. The van der Waals surface area contributed by atoms with Gasteiger partial charge >= 0.3 is 0 Å². The van der Waals surface area contributed by atoms with Crippen LogP contribution in [0, 0.1) is 6.92 Å². The van der Waals surface area contributed by atoms with Crippen LogP contribution in [0.3, 0.4) is 0 Å². The van der Waals surface area contributed by atoms with Crippen molar-refractivity contribution in [3.05, 3.63) is 47.0 Å². The van der Waals surface area contributed by atoms with Gasteiger partial charge in [0, 0.05) is 36.8 Å². The third-order valence-corrected chi connectivity index (χ3v) is 3.71. The van der Waals surface area contributed by atoms with Crippen molar-refractivity contribution in [3.8, 4) is 0 Å². The minimum Gasteiger partial charge on any atom is -0.336 e. The van der Waals surface area contributed by atoms with Crippen LogP contribution >= 0.6 is 11.6 Å². The largest absolute Gasteiger partial charge is 0.336 e. The van der Waals surface area contributed by atoms with Crippen molar-refractivity contribution in [2.45, 2.75) is 6.92 Å². The number of amides is 2. The fourth-order valence-corrected chi connectivity index (χ4v) is 2.52. The highest BCUT2D eigenvalue weighted by Crippen LogP contribution is 2.17. The molecule has 5 heteroatoms. The molecule has 0 unspecified atom stereocenters. The predicted octanol–water partition coefficient (Wildman–Crippen LogP) is 2.12. The van der Waals surface area contributed by atoms with Gasteiger partial charge in [0.25, 0.3) is 5.91 Å². The first-order valence-corrected chi connectivity index (χ1v) is 6.87. The number of aryl methyl sites for hydroxylation is 1. The monoisotopic (exact) mass is 292 g/mol. The first-order valence-electron chi connectivity index (χ1n) is 6.49. The second-order valence-electron chi connectivity index (χ2n) is 4.78. The van der Waals surface area contributed by atoms with E-state index in [2.05, 4.69) is 6.58 Å². The van der Waals surface area contributed by atoms with Gasteiger partial charge in [-0.2, -0.15) is 0 Å². The Morgan fingerprint density at radius 2 is 1.80 bits per heavy atom. The quantitative estimate of drug-likeness (QED) is 0.784. The Labute approximate surface area is 123 Å². The fourth-order valence-electron chi connectivity index (χ4n) is 2.30. The van der Waals surface area contributed by atoms with E-state index in [1.165, 1.54) is 6.08 Å². The second-order valence-corrected chi connectivity index (χ2v) is 5.22. The number of hydrogen-bond acceptors (Lipinski definition) is 2. The van der Waals surface area contributed by atoms with Gasteiger partial charge in [-0.3, -0.25) is 9.59 Å². The number of rotatable bonds is 2. The van der Waals surface area contributed by atoms with E-state index < -0.39 is 0 Å². The number of nitrogens with zero attached hydrogens (tertiary/aromatic N) is 2. The summed E-state index contributed by atoms with van der Waals surface area (Å²) in [6.07, 6.45) is 1.31. The lowest BCUT2D eigenvalue weighted by Crippen LogP contribution is -2.50. The smallest absolute Gasteiger partial charge is 0.254 e. The molecule has 1 aliphatic heterocycles. The molecule has 0 aliphatic carbocycles. The van der Waals surface area contributed by atoms with Crippen LogP contribution in [0.4, 0.5) is 0 Å². The van der Waals surface area contributed by atoms with E-state index in [-0.39, 0.29) is 11.8 Å². The first kappa shape index (κ1) is 14.6. The molecule has 1 aromatic rings. The molecule has 0 aromatic heterocycles. The van der Waals surface area contributed by atoms with Crippen LogP contribution in [0.2, 0.25) is 5.02 Å². The van der Waals surface area contributed by atoms with Crippen molar-refractivity contribution in [3.63, 3.8) is 0 Å². The van der Waals surface area contributed by atoms with E-state index in [0.717, 1.165) is 5.56 Å². The molecule has 0 bridgehead atoms. The van der Waals surface area contributed by atoms with Crippen molar-refractivity contribution in [2.75, 3.05) is 26.2 Å². The molecule has 20 heavy (non-hydrogen) atoms. The zero-order chi connectivity index (χ0) is 14.7. The summed E-state index contributed by atoms with van der Waals surface area (Å²) in [7, 11) is 0. The SMILES string of the molecule is C=CC(=O)N1CCN(C(=O)c2ccc(Cl)cc2C)CC1. The van der Waals surface area contributed by atoms with Gasteiger partial charge in [-0.15, -0.1) is 0 Å². The summed E-state index contributed by atoms with van der Waals surface area (Å²) in [6, 6.07) is 5.26. The summed E-state index contributed by atoms with van der Waals surface area (Å²) in [4.78, 5) is 27.4. The Balaban J connectivity index is 2.05. The highest BCUT2D eigenvalue weighted by atomic mass is 35.5. The number of benzene rings is 1. The Morgan fingerprint density at radius 3 is 2.35 bits per heavy atom. The molecule has 1 aliphatic rings. The number of carbonyl (C=O) groups excluding carboxylic acids is 2. The molecule has 1 saturated heterocycles. The third kappa shape index (κ3) is 3.02. The molecule has 1 fully saturated rings. The maximum atomic E-state index is 12.4. The molecule has 0 atom stereocenters. The summed E-state index contributed by atoms with van der Waals surface area (Å²) >= 11 is 5.90. The molecule has 4 nitrogen and oxygen atoms in total. The van der Waals surface area contributed by atoms with Crippen molar-refractivity contribution in [2.24, 2.45) is 0 Å². The topological polar surface area (TPSA) is 40.6 Å². The highest BCUT2D eigenvalue weighted by molar-refractivity contribution is 6.30. The number of halogens is 1. The Morgan fingerprint density at radius 1 is 1.20 bits per heavy atom. The first-order chi connectivity index (χ1) is 9.52. The third-order valence-electron chi connectivity index (χ3n) is 3.47. The molecule has 2 amide bonds. The Bertz CT molecular complexity index is 549. The van der Waals surface area contributed by atoms with E-state index in [9.17, 15) is 9.59 Å². The van der Waals surface area contributed by atoms with Crippen molar-refractivity contribution in [1.29, 1.82) is 0 Å². The summed E-state index contributed by atoms with van der Waals surface area (Å²) in [6.45, 7) is 7.52. The van der Waals surface area contributed by atoms with Gasteiger partial charge in [0.1, 0.15) is 0 Å². The van der Waals surface area contributed by atoms with Gasteiger partial charge in [-0.25, -0.2) is 0 Å². The average Bonchev–Trinajstić information content (AvgIpc) is 2.46. The summed E-state index contributed by atoms with van der Waals surface area (Å²) in [5.41, 5.74) is 1.53. The standard InChI is InChI=1S/C15H17ClN2O2/c1-3-14(19)17-6-8-18(9-7-17)15(20)13-5-4-12(16)10-11(13)2/h3-5,10H,1,6-9H2,2H3. The molecule has 106 valence electrons. The molecule has 1 aromatic carbocycles. The molecule has 0 N–H and O–H groups in total. The van der Waals surface area contributed by atoms with E-state index >= 15 is 0 Å². The second kappa shape index (κ2) is 6.09. The van der Waals surface area contributed by atoms with Gasteiger partial charge in [-0.1, -0.05) is 18.2 Å². The number of carbonyl (C=O) groups is 2. The van der Waals surface area contributed by atoms with Crippen molar-refractivity contribution < 1.29 is 9.59 Å². The molecular weight excluding hydrogens is 276 g/mol. The van der Waals surface area contributed by atoms with E-state index in [1.807, 2.05) is 6.92 Å². The molecular formula is C15H17ClN2O2. The van der Waals surface area contributed by atoms with Gasteiger partial charge in [0.15, 0.2) is 0 Å². The lowest BCUT2D eigenvalue weighted by atomic mass is 10.1. The van der Waals surface area contributed by atoms with Gasteiger partial charge in [-0.05, 0) is 36.8 Å². The Hall–Kier alpha value is -1.81. The number of hydrogen-bond donors (Lipinski definition) is 0. The summed E-state index contributed by atoms with van der Waals surface area (Å²) < 4.78 is 0. The maximum absolute atomic E-state index is 12.4. The summed E-state index contributed by atoms with van der Waals surface area (Å²) in [5.74, 6) is -0.0929. The van der Waals surface area contributed by atoms with Gasteiger partial charge in [0.2, 0.25) is 5.91 Å². The normalized spacial score (nSPS) is 15.1. The molecule has 0 spiro atoms. The van der Waals surface area contributed by atoms with Crippen molar-refractivity contribution >= 4 is 23.4 Å². The molecule has 1 heterocycles. The van der Waals surface area contributed by atoms with Gasteiger partial charge in [0.05, 0.1) is 0 Å². The maximum Gasteiger partial charge on any atom is 0.254 e. The van der Waals surface area contributed by atoms with Crippen LogP contribution in [0.5, 0.6) is 0 Å². The van der Waals surface area contributed by atoms with Gasteiger partial charge < -0.3 is 9.80 Å². The van der Waals surface area contributed by atoms with Crippen LogP contribution in [-0.4, -0.2) is 47.8 Å². The van der Waals surface area contributed by atoms with E-state index in [1.54, 1.807) is 28.0 Å². The molecule has 2 rings (SSSR count). The Kier molecular flexibility index (Phi) is 4.45. The predicted molar refractivity (Wildman–Crippen MR) is 78.9 cm³/mol. The lowest BCUT2D eigenvalue weighted by molar-refractivity contribution is -0.127. The van der Waals surface area contributed by atoms with Crippen LogP contribution in [0.25, 0.3) is 0 Å². The minimum absolute atomic E-state index is 0.00938. The van der Waals surface area contributed by atoms with Crippen LogP contribution in [0.1, 0.15) is 15.9 Å². The minimum atomic E-state index is -0.0835. The van der Waals surface area contributed by atoms with E-state index in [0.29, 0.717) is 36.8 Å². The lowest BCUT2D eigenvalue weighted by Gasteiger charge is -2.34. The zero-order valence-electron chi connectivity index (χ0n) is 11.4. The van der Waals surface area contributed by atoms with E-state index in [4.69, 9.17) is 11.6 Å². The molecule has 0 saturated carbocycles. The average molecular weight is 293 g/mol.